The first-order valence-corrected chi connectivity index (χ1v) is 26.8. The Morgan fingerprint density at radius 1 is 0.568 bits per heavy atom. The molecule has 2 radical (unpaired) electrons. The summed E-state index contributed by atoms with van der Waals surface area (Å²) < 4.78 is 0. The first kappa shape index (κ1) is 36.9. The predicted molar refractivity (Wildman–Crippen MR) is 204 cm³/mol. The van der Waals surface area contributed by atoms with E-state index in [1.807, 2.05) is 0 Å². The topological polar surface area (TPSA) is 0 Å². The van der Waals surface area contributed by atoms with Crippen molar-refractivity contribution in [2.24, 2.45) is 0 Å². The number of aryl methyl sites for hydroxylation is 2. The van der Waals surface area contributed by atoms with Crippen molar-refractivity contribution in [3.05, 3.63) is 120 Å². The molecule has 6 aromatic rings. The average Bonchev–Trinajstić information content (AvgIpc) is 3.59. The van der Waals surface area contributed by atoms with Crippen molar-refractivity contribution >= 4 is 69.9 Å². The van der Waals surface area contributed by atoms with Crippen LogP contribution in [0.5, 0.6) is 0 Å². The van der Waals surface area contributed by atoms with E-state index in [-0.39, 0.29) is 0 Å². The zero-order valence-electron chi connectivity index (χ0n) is 27.0. The van der Waals surface area contributed by atoms with Gasteiger partial charge in [0.1, 0.15) is 25.0 Å². The van der Waals surface area contributed by atoms with Gasteiger partial charge in [-0.1, -0.05) is 74.5 Å². The van der Waals surface area contributed by atoms with E-state index in [9.17, 15) is 0 Å². The normalized spacial score (nSPS) is 10.5. The number of fused-ring (bicyclic) bond motifs is 2. The summed E-state index contributed by atoms with van der Waals surface area (Å²) in [6, 6.07) is 40.2. The molecule has 0 spiro atoms. The molecule has 0 bridgehead atoms. The van der Waals surface area contributed by atoms with Gasteiger partial charge in [0.15, 0.2) is 9.79 Å². The van der Waals surface area contributed by atoms with Gasteiger partial charge in [0, 0.05) is 31.3 Å². The Labute approximate surface area is 292 Å². The second-order valence-electron chi connectivity index (χ2n) is 10.9. The Bertz CT molecular complexity index is 1590. The van der Waals surface area contributed by atoms with Crippen LogP contribution < -0.4 is 0 Å². The molecule has 0 aromatic heterocycles. The molecule has 0 fully saturated rings. The summed E-state index contributed by atoms with van der Waals surface area (Å²) in [6.07, 6.45) is 9.04. The molecule has 0 nitrogen and oxygen atoms in total. The van der Waals surface area contributed by atoms with E-state index in [2.05, 4.69) is 161 Å². The van der Waals surface area contributed by atoms with Gasteiger partial charge in [0.25, 0.3) is 0 Å². The van der Waals surface area contributed by atoms with Crippen LogP contribution in [0.25, 0.3) is 43.8 Å². The molecule has 0 saturated heterocycles. The van der Waals surface area contributed by atoms with Gasteiger partial charge < -0.3 is 0 Å². The molecule has 0 heterocycles. The molecule has 226 valence electrons. The van der Waals surface area contributed by atoms with Crippen LogP contribution in [-0.4, -0.2) is 34.5 Å². The number of hydrogen-bond acceptors (Lipinski definition) is 0. The number of rotatable bonds is 4. The summed E-state index contributed by atoms with van der Waals surface area (Å²) in [5, 5.41) is 5.40. The van der Waals surface area contributed by atoms with Gasteiger partial charge in [-0.2, -0.15) is 12.1 Å². The Hall–Kier alpha value is -1.52. The van der Waals surface area contributed by atoms with Crippen molar-refractivity contribution in [2.75, 3.05) is 25.0 Å². The summed E-state index contributed by atoms with van der Waals surface area (Å²) in [4.78, 5) is 2.85. The molecule has 0 N–H and O–H groups in total. The minimum absolute atomic E-state index is 0.333. The number of hydrogen-bond donors (Lipinski definition) is 0. The van der Waals surface area contributed by atoms with Gasteiger partial charge in [-0.3, -0.25) is 0 Å². The second kappa shape index (κ2) is 18.6. The van der Waals surface area contributed by atoms with Crippen LogP contribution in [0.2, 0.25) is 13.1 Å². The van der Waals surface area contributed by atoms with Crippen molar-refractivity contribution in [3.8, 4) is 22.3 Å². The maximum atomic E-state index is 4.93. The van der Waals surface area contributed by atoms with Crippen molar-refractivity contribution in [1.82, 2.24) is 0 Å². The van der Waals surface area contributed by atoms with Crippen LogP contribution in [0.15, 0.2) is 119 Å². The summed E-state index contributed by atoms with van der Waals surface area (Å²) in [5.41, 5.74) is 7.97. The number of halogens is 2. The van der Waals surface area contributed by atoms with Crippen LogP contribution in [0, 0.1) is 13.8 Å². The first-order chi connectivity index (χ1) is 21.1. The molecule has 6 rings (SSSR count). The molecule has 6 aromatic carbocycles. The third-order valence-electron chi connectivity index (χ3n) is 7.06. The van der Waals surface area contributed by atoms with Crippen LogP contribution in [0.3, 0.4) is 0 Å². The van der Waals surface area contributed by atoms with Gasteiger partial charge in [-0.05, 0) is 35.4 Å². The van der Waals surface area contributed by atoms with Gasteiger partial charge in [-0.15, -0.1) is 69.1 Å². The standard InChI is InChI=1S/2C18H18S.C2H6Si.2ClH.Zr/c2*1-13-11-15-5-4-6-17(18(15)12-13)14-7-9-16(10-8-14)19(2)3;1-3-2;;;/h2*4-12H,1-3H3;1-2H3;2*1H;/q;;;;;+4/p-2. The fourth-order valence-corrected chi connectivity index (χ4v) is 6.45. The van der Waals surface area contributed by atoms with Crippen LogP contribution >= 0.6 is 17.0 Å². The van der Waals surface area contributed by atoms with E-state index in [0.29, 0.717) is 21.8 Å². The molecule has 44 heavy (non-hydrogen) atoms. The fraction of sp³-hybridized carbons (Fsp3) is 0.211. The van der Waals surface area contributed by atoms with Crippen molar-refractivity contribution in [2.45, 2.75) is 36.7 Å². The molecule has 6 heteroatoms. The summed E-state index contributed by atoms with van der Waals surface area (Å²) in [5.74, 6) is 0. The Morgan fingerprint density at radius 3 is 1.18 bits per heavy atom. The molecule has 0 atom stereocenters. The van der Waals surface area contributed by atoms with Crippen molar-refractivity contribution in [3.63, 3.8) is 0 Å². The summed E-state index contributed by atoms with van der Waals surface area (Å²) in [6.45, 7) is 8.62. The molecule has 0 aliphatic rings. The Balaban J connectivity index is 0.000000204. The quantitative estimate of drug-likeness (QED) is 0.0956. The zero-order valence-corrected chi connectivity index (χ0v) is 33.6. The summed E-state index contributed by atoms with van der Waals surface area (Å²) in [7, 11) is 11.6. The molecule has 0 aliphatic carbocycles. The van der Waals surface area contributed by atoms with Gasteiger partial charge >= 0.3 is 37.9 Å². The van der Waals surface area contributed by atoms with Crippen molar-refractivity contribution in [1.29, 1.82) is 0 Å². The van der Waals surface area contributed by atoms with Gasteiger partial charge in [0.05, 0.1) is 0 Å². The second-order valence-corrected chi connectivity index (χ2v) is 19.9. The maximum absolute atomic E-state index is 4.93. The Morgan fingerprint density at radius 2 is 0.886 bits per heavy atom. The zero-order chi connectivity index (χ0) is 32.2. The molecule has 0 saturated carbocycles. The van der Waals surface area contributed by atoms with Crippen LogP contribution in [0.1, 0.15) is 11.1 Å². The van der Waals surface area contributed by atoms with Crippen LogP contribution in [0.4, 0.5) is 0 Å². The van der Waals surface area contributed by atoms with E-state index in [0.717, 1.165) is 9.52 Å². The molecule has 0 unspecified atom stereocenters. The third-order valence-corrected chi connectivity index (χ3v) is 9.49. The molecular formula is C38H42Cl2S2SiZr+2. The average molecular weight is 753 g/mol. The molecule has 0 aliphatic heterocycles. The fourth-order valence-electron chi connectivity index (χ4n) is 5.09. The van der Waals surface area contributed by atoms with E-state index < -0.39 is 20.8 Å². The molecular weight excluding hydrogens is 711 g/mol. The minimum atomic E-state index is -0.826. The van der Waals surface area contributed by atoms with E-state index >= 15 is 0 Å². The van der Waals surface area contributed by atoms with E-state index in [1.165, 1.54) is 64.7 Å². The number of benzene rings is 4. The first-order valence-electron chi connectivity index (χ1n) is 14.4. The van der Waals surface area contributed by atoms with Crippen molar-refractivity contribution < 1.29 is 20.8 Å². The Kier molecular flexibility index (Phi) is 15.6. The van der Waals surface area contributed by atoms with Gasteiger partial charge in [-0.25, -0.2) is 0 Å². The van der Waals surface area contributed by atoms with Crippen LogP contribution in [-0.2, 0) is 42.6 Å². The SMILES string of the molecule is C[Si]C.Cc1cc2c(-c3ccc([S+](C)C)cc3)cccc2[cH-]1.Cc1cc2c(-c3ccc([S+](C)C)cc3)cccc2[cH-]1.[Cl][Zr+2][Cl]. The van der Waals surface area contributed by atoms with E-state index in [1.54, 1.807) is 0 Å². The van der Waals surface area contributed by atoms with Gasteiger partial charge in [0.2, 0.25) is 0 Å². The third kappa shape index (κ3) is 10.2. The summed E-state index contributed by atoms with van der Waals surface area (Å²) >= 11 is -0.826. The van der Waals surface area contributed by atoms with E-state index in [4.69, 9.17) is 17.0 Å². The monoisotopic (exact) mass is 750 g/mol. The predicted octanol–water partition coefficient (Wildman–Crippen LogP) is 11.7. The molecule has 0 amide bonds.